The summed E-state index contributed by atoms with van der Waals surface area (Å²) in [6.07, 6.45) is 0. The van der Waals surface area contributed by atoms with Crippen LogP contribution in [0, 0.1) is 19.3 Å². The Hall–Kier alpha value is -1.32. The van der Waals surface area contributed by atoms with Gasteiger partial charge in [0.2, 0.25) is 5.96 Å². The van der Waals surface area contributed by atoms with Crippen molar-refractivity contribution in [3.05, 3.63) is 17.5 Å². The number of aryl methyl sites for hydroxylation is 2. The predicted octanol–water partition coefficient (Wildman–Crippen LogP) is 1.27. The average Bonchev–Trinajstić information content (AvgIpc) is 2.34. The highest BCUT2D eigenvalue weighted by Gasteiger charge is 2.00. The maximum Gasteiger partial charge on any atom is 0.213 e. The summed E-state index contributed by atoms with van der Waals surface area (Å²) in [4.78, 5) is 0. The van der Waals surface area contributed by atoms with Crippen LogP contribution in [0.5, 0.6) is 0 Å². The van der Waals surface area contributed by atoms with E-state index in [1.54, 1.807) is 0 Å². The van der Waals surface area contributed by atoms with E-state index in [4.69, 9.17) is 11.1 Å². The molecule has 1 aromatic heterocycles. The zero-order valence-electron chi connectivity index (χ0n) is 8.05. The van der Waals surface area contributed by atoms with Gasteiger partial charge < -0.3 is 5.73 Å². The maximum atomic E-state index is 7.07. The first kappa shape index (κ1) is 10.7. The molecule has 1 rings (SSSR count). The molecule has 1 heterocycles. The zero-order valence-corrected chi connectivity index (χ0v) is 8.05. The third kappa shape index (κ3) is 2.38. The fraction of sp³-hybridized carbons (Fsp3) is 0.500. The average molecular weight is 168 g/mol. The molecule has 1 aromatic rings. The van der Waals surface area contributed by atoms with Crippen molar-refractivity contribution < 1.29 is 0 Å². The Morgan fingerprint density at radius 1 is 1.50 bits per heavy atom. The fourth-order valence-corrected chi connectivity index (χ4v) is 0.873. The van der Waals surface area contributed by atoms with Gasteiger partial charge >= 0.3 is 0 Å². The highest BCUT2D eigenvalue weighted by molar-refractivity contribution is 5.76. The highest BCUT2D eigenvalue weighted by Crippen LogP contribution is 1.98. The number of nitrogens with two attached hydrogens (primary N) is 1. The molecule has 0 unspecified atom stereocenters. The molecule has 0 aliphatic heterocycles. The summed E-state index contributed by atoms with van der Waals surface area (Å²) < 4.78 is 1.40. The lowest BCUT2D eigenvalue weighted by molar-refractivity contribution is 0.863. The number of nitrogen functional groups attached to an aromatic ring is 1. The Balaban J connectivity index is 0.000000561. The van der Waals surface area contributed by atoms with Crippen molar-refractivity contribution in [1.82, 2.24) is 9.78 Å². The molecule has 0 atom stereocenters. The van der Waals surface area contributed by atoms with E-state index in [1.807, 2.05) is 33.8 Å². The minimum absolute atomic E-state index is 0.0365. The van der Waals surface area contributed by atoms with Crippen LogP contribution in [0.4, 0.5) is 0 Å². The van der Waals surface area contributed by atoms with Crippen molar-refractivity contribution in [3.8, 4) is 0 Å². The number of aromatic nitrogens is 2. The summed E-state index contributed by atoms with van der Waals surface area (Å²) in [6, 6.07) is 1.88. The van der Waals surface area contributed by atoms with Crippen LogP contribution < -0.4 is 5.73 Å². The lowest BCUT2D eigenvalue weighted by Crippen LogP contribution is -2.22. The van der Waals surface area contributed by atoms with E-state index in [1.165, 1.54) is 4.68 Å². The fourth-order valence-electron chi connectivity index (χ4n) is 0.873. The number of hydrogen-bond donors (Lipinski definition) is 2. The minimum Gasteiger partial charge on any atom is -0.368 e. The smallest absolute Gasteiger partial charge is 0.213 e. The van der Waals surface area contributed by atoms with Gasteiger partial charge in [0, 0.05) is 5.69 Å². The number of nitrogens with zero attached hydrogens (tertiary/aromatic N) is 2. The molecule has 0 amide bonds. The molecule has 12 heavy (non-hydrogen) atoms. The summed E-state index contributed by atoms with van der Waals surface area (Å²) in [6.45, 7) is 7.73. The molecule has 0 saturated heterocycles. The first-order valence-corrected chi connectivity index (χ1v) is 3.99. The van der Waals surface area contributed by atoms with Crippen LogP contribution in [0.3, 0.4) is 0 Å². The van der Waals surface area contributed by atoms with Crippen molar-refractivity contribution in [2.45, 2.75) is 27.7 Å². The molecule has 4 heteroatoms. The van der Waals surface area contributed by atoms with Crippen LogP contribution in [0.25, 0.3) is 0 Å². The summed E-state index contributed by atoms with van der Waals surface area (Å²) in [5.41, 5.74) is 6.99. The molecule has 0 bridgehead atoms. The van der Waals surface area contributed by atoms with Gasteiger partial charge in [-0.25, -0.2) is 4.68 Å². The van der Waals surface area contributed by atoms with Crippen molar-refractivity contribution in [3.63, 3.8) is 0 Å². The summed E-state index contributed by atoms with van der Waals surface area (Å²) >= 11 is 0. The van der Waals surface area contributed by atoms with E-state index >= 15 is 0 Å². The summed E-state index contributed by atoms with van der Waals surface area (Å²) in [7, 11) is 0. The highest BCUT2D eigenvalue weighted by atomic mass is 15.3. The first-order chi connectivity index (χ1) is 5.61. The minimum atomic E-state index is -0.0365. The Kier molecular flexibility index (Phi) is 4.04. The third-order valence-corrected chi connectivity index (χ3v) is 1.24. The van der Waals surface area contributed by atoms with Crippen molar-refractivity contribution >= 4 is 5.96 Å². The molecule has 0 saturated carbocycles. The largest absolute Gasteiger partial charge is 0.368 e. The Morgan fingerprint density at radius 2 is 2.00 bits per heavy atom. The molecule has 0 aliphatic rings. The van der Waals surface area contributed by atoms with E-state index in [0.717, 1.165) is 11.4 Å². The van der Waals surface area contributed by atoms with Gasteiger partial charge in [-0.1, -0.05) is 13.8 Å². The monoisotopic (exact) mass is 168 g/mol. The van der Waals surface area contributed by atoms with Gasteiger partial charge in [0.15, 0.2) is 0 Å². The molecule has 0 fully saturated rings. The molecule has 0 aromatic carbocycles. The van der Waals surface area contributed by atoms with Crippen LogP contribution >= 0.6 is 0 Å². The molecule has 68 valence electrons. The van der Waals surface area contributed by atoms with Gasteiger partial charge in [0.1, 0.15) is 0 Å². The lowest BCUT2D eigenvalue weighted by Gasteiger charge is -1.97. The Morgan fingerprint density at radius 3 is 2.17 bits per heavy atom. The number of nitrogens with one attached hydrogen (secondary N) is 1. The van der Waals surface area contributed by atoms with E-state index in [2.05, 4.69) is 5.10 Å². The second kappa shape index (κ2) is 4.54. The van der Waals surface area contributed by atoms with Crippen LogP contribution in [-0.2, 0) is 0 Å². The van der Waals surface area contributed by atoms with Crippen LogP contribution in [0.1, 0.15) is 25.2 Å². The zero-order chi connectivity index (χ0) is 9.72. The standard InChI is InChI=1S/C6H10N4.C2H6/c1-4-3-5(2)10(9-4)6(7)8;1-2/h3H,1-2H3,(H3,7,8);1-2H3. The SMILES string of the molecule is CC.Cc1cc(C)n(C(=N)N)n1. The third-order valence-electron chi connectivity index (χ3n) is 1.24. The van der Waals surface area contributed by atoms with Gasteiger partial charge in [-0.3, -0.25) is 5.41 Å². The predicted molar refractivity (Wildman–Crippen MR) is 50.4 cm³/mol. The summed E-state index contributed by atoms with van der Waals surface area (Å²) in [5, 5.41) is 11.0. The van der Waals surface area contributed by atoms with Gasteiger partial charge in [-0.15, -0.1) is 0 Å². The first-order valence-electron chi connectivity index (χ1n) is 3.99. The number of hydrogen-bond acceptors (Lipinski definition) is 2. The van der Waals surface area contributed by atoms with Crippen molar-refractivity contribution in [2.24, 2.45) is 5.73 Å². The lowest BCUT2D eigenvalue weighted by atomic mass is 10.4. The molecular formula is C8H16N4. The summed E-state index contributed by atoms with van der Waals surface area (Å²) in [5.74, 6) is -0.0365. The van der Waals surface area contributed by atoms with Crippen LogP contribution in [-0.4, -0.2) is 15.7 Å². The van der Waals surface area contributed by atoms with E-state index < -0.39 is 0 Å². The van der Waals surface area contributed by atoms with Gasteiger partial charge in [-0.05, 0) is 19.9 Å². The van der Waals surface area contributed by atoms with Gasteiger partial charge in [-0.2, -0.15) is 5.10 Å². The maximum absolute atomic E-state index is 7.07. The van der Waals surface area contributed by atoms with Gasteiger partial charge in [0.05, 0.1) is 5.69 Å². The molecule has 0 aliphatic carbocycles. The van der Waals surface area contributed by atoms with E-state index in [9.17, 15) is 0 Å². The molecule has 4 nitrogen and oxygen atoms in total. The van der Waals surface area contributed by atoms with Crippen molar-refractivity contribution in [1.29, 1.82) is 5.41 Å². The van der Waals surface area contributed by atoms with Crippen LogP contribution in [0.15, 0.2) is 6.07 Å². The van der Waals surface area contributed by atoms with E-state index in [-0.39, 0.29) is 5.96 Å². The topological polar surface area (TPSA) is 67.7 Å². The molecule has 0 spiro atoms. The normalized spacial score (nSPS) is 8.67. The molecule has 3 N–H and O–H groups in total. The van der Waals surface area contributed by atoms with Crippen molar-refractivity contribution in [2.75, 3.05) is 0 Å². The van der Waals surface area contributed by atoms with Gasteiger partial charge in [0.25, 0.3) is 0 Å². The number of rotatable bonds is 0. The second-order valence-electron chi connectivity index (χ2n) is 2.22. The quantitative estimate of drug-likeness (QED) is 0.452. The Labute approximate surface area is 72.9 Å². The molecule has 0 radical (unpaired) electrons. The second-order valence-corrected chi connectivity index (χ2v) is 2.22. The van der Waals surface area contributed by atoms with Crippen LogP contribution in [0.2, 0.25) is 0 Å². The van der Waals surface area contributed by atoms with E-state index in [0.29, 0.717) is 0 Å². The molecular weight excluding hydrogens is 152 g/mol. The Bertz CT molecular complexity index is 262.